The Morgan fingerprint density at radius 1 is 1.14 bits per heavy atom. The standard InChI is InChI=1S/C16H15NO4S/c1-20-15(18)10-13(16(19)21-2)17-12-6-3-5-11(9-12)14-7-4-8-22-14/h3-10,17H,1-2H3/b13-10+. The minimum absolute atomic E-state index is 0.0117. The van der Waals surface area contributed by atoms with Crippen molar-refractivity contribution in [2.75, 3.05) is 19.5 Å². The van der Waals surface area contributed by atoms with Crippen LogP contribution < -0.4 is 5.32 Å². The van der Waals surface area contributed by atoms with E-state index in [-0.39, 0.29) is 5.70 Å². The first-order valence-electron chi connectivity index (χ1n) is 6.43. The van der Waals surface area contributed by atoms with Gasteiger partial charge in [-0.1, -0.05) is 18.2 Å². The van der Waals surface area contributed by atoms with Crippen LogP contribution in [-0.2, 0) is 19.1 Å². The molecule has 114 valence electrons. The van der Waals surface area contributed by atoms with Crippen LogP contribution in [0.25, 0.3) is 10.4 Å². The average Bonchev–Trinajstić information content (AvgIpc) is 3.08. The van der Waals surface area contributed by atoms with Gasteiger partial charge < -0.3 is 14.8 Å². The highest BCUT2D eigenvalue weighted by atomic mass is 32.1. The topological polar surface area (TPSA) is 64.6 Å². The fraction of sp³-hybridized carbons (Fsp3) is 0.125. The summed E-state index contributed by atoms with van der Waals surface area (Å²) >= 11 is 1.62. The molecule has 0 saturated carbocycles. The molecule has 2 aromatic rings. The van der Waals surface area contributed by atoms with Gasteiger partial charge in [-0.2, -0.15) is 0 Å². The number of hydrogen-bond donors (Lipinski definition) is 1. The molecule has 5 nitrogen and oxygen atoms in total. The highest BCUT2D eigenvalue weighted by Crippen LogP contribution is 2.27. The van der Waals surface area contributed by atoms with Crippen LogP contribution in [0.5, 0.6) is 0 Å². The Balaban J connectivity index is 2.27. The van der Waals surface area contributed by atoms with Crippen molar-refractivity contribution < 1.29 is 19.1 Å². The van der Waals surface area contributed by atoms with E-state index >= 15 is 0 Å². The molecule has 0 atom stereocenters. The van der Waals surface area contributed by atoms with E-state index in [1.165, 1.54) is 14.2 Å². The summed E-state index contributed by atoms with van der Waals surface area (Å²) in [5, 5.41) is 4.88. The van der Waals surface area contributed by atoms with Crippen molar-refractivity contribution in [3.8, 4) is 10.4 Å². The molecule has 0 amide bonds. The summed E-state index contributed by atoms with van der Waals surface area (Å²) < 4.78 is 9.19. The number of thiophene rings is 1. The third kappa shape index (κ3) is 3.95. The van der Waals surface area contributed by atoms with E-state index in [0.717, 1.165) is 16.5 Å². The number of nitrogens with one attached hydrogen (secondary N) is 1. The van der Waals surface area contributed by atoms with Gasteiger partial charge in [0.15, 0.2) is 0 Å². The maximum Gasteiger partial charge on any atom is 0.354 e. The smallest absolute Gasteiger partial charge is 0.354 e. The molecule has 0 spiro atoms. The molecule has 2 rings (SSSR count). The summed E-state index contributed by atoms with van der Waals surface area (Å²) in [4.78, 5) is 24.2. The van der Waals surface area contributed by atoms with Gasteiger partial charge in [-0.15, -0.1) is 11.3 Å². The molecule has 22 heavy (non-hydrogen) atoms. The molecule has 1 heterocycles. The molecule has 0 aliphatic carbocycles. The van der Waals surface area contributed by atoms with Gasteiger partial charge in [0, 0.05) is 10.6 Å². The highest BCUT2D eigenvalue weighted by Gasteiger charge is 2.13. The second-order valence-electron chi connectivity index (χ2n) is 4.26. The third-order valence-electron chi connectivity index (χ3n) is 2.82. The number of anilines is 1. The molecule has 0 saturated heterocycles. The molecule has 0 aliphatic rings. The van der Waals surface area contributed by atoms with Crippen molar-refractivity contribution >= 4 is 29.0 Å². The fourth-order valence-electron chi connectivity index (χ4n) is 1.78. The summed E-state index contributed by atoms with van der Waals surface area (Å²) in [5.74, 6) is -1.28. The lowest BCUT2D eigenvalue weighted by molar-refractivity contribution is -0.138. The normalized spacial score (nSPS) is 10.9. The molecule has 1 aromatic carbocycles. The number of esters is 2. The lowest BCUT2D eigenvalue weighted by atomic mass is 10.1. The van der Waals surface area contributed by atoms with Gasteiger partial charge in [-0.05, 0) is 29.1 Å². The Morgan fingerprint density at radius 2 is 1.95 bits per heavy atom. The monoisotopic (exact) mass is 317 g/mol. The number of carbonyl (C=O) groups excluding carboxylic acids is 2. The number of benzene rings is 1. The molecule has 0 bridgehead atoms. The zero-order chi connectivity index (χ0) is 15.9. The van der Waals surface area contributed by atoms with Crippen molar-refractivity contribution in [2.45, 2.75) is 0 Å². The fourth-order valence-corrected chi connectivity index (χ4v) is 2.51. The first kappa shape index (κ1) is 15.8. The van der Waals surface area contributed by atoms with Crippen LogP contribution in [0.2, 0.25) is 0 Å². The molecule has 0 aliphatic heterocycles. The Hall–Kier alpha value is -2.60. The van der Waals surface area contributed by atoms with Gasteiger partial charge in [0.2, 0.25) is 0 Å². The van der Waals surface area contributed by atoms with Crippen molar-refractivity contribution in [1.29, 1.82) is 0 Å². The molecule has 6 heteroatoms. The van der Waals surface area contributed by atoms with Crippen LogP contribution in [0.15, 0.2) is 53.6 Å². The summed E-state index contributed by atoms with van der Waals surface area (Å²) in [6.07, 6.45) is 1.06. The van der Waals surface area contributed by atoms with Crippen LogP contribution in [0.1, 0.15) is 0 Å². The molecular formula is C16H15NO4S. The van der Waals surface area contributed by atoms with E-state index in [9.17, 15) is 9.59 Å². The van der Waals surface area contributed by atoms with Gasteiger partial charge >= 0.3 is 11.9 Å². The first-order chi connectivity index (χ1) is 10.6. The molecule has 0 fully saturated rings. The van der Waals surface area contributed by atoms with Crippen molar-refractivity contribution in [3.63, 3.8) is 0 Å². The van der Waals surface area contributed by atoms with E-state index < -0.39 is 11.9 Å². The Kier molecular flexibility index (Phi) is 5.32. The Morgan fingerprint density at radius 3 is 2.59 bits per heavy atom. The molecule has 0 radical (unpaired) electrons. The molecule has 1 N–H and O–H groups in total. The third-order valence-corrected chi connectivity index (χ3v) is 3.73. The Bertz CT molecular complexity index is 692. The van der Waals surface area contributed by atoms with E-state index in [1.54, 1.807) is 17.4 Å². The number of ether oxygens (including phenoxy) is 2. The van der Waals surface area contributed by atoms with E-state index in [1.807, 2.05) is 35.7 Å². The molecule has 1 aromatic heterocycles. The maximum atomic E-state index is 11.7. The summed E-state index contributed by atoms with van der Waals surface area (Å²) in [6, 6.07) is 11.5. The van der Waals surface area contributed by atoms with Gasteiger partial charge in [-0.25, -0.2) is 9.59 Å². The number of rotatable bonds is 5. The second kappa shape index (κ2) is 7.42. The van der Waals surface area contributed by atoms with Crippen molar-refractivity contribution in [3.05, 3.63) is 53.6 Å². The zero-order valence-corrected chi connectivity index (χ0v) is 13.0. The Labute approximate surface area is 132 Å². The predicted molar refractivity (Wildman–Crippen MR) is 85.5 cm³/mol. The van der Waals surface area contributed by atoms with E-state index in [2.05, 4.69) is 14.8 Å². The predicted octanol–water partition coefficient (Wildman–Crippen LogP) is 3.06. The van der Waals surface area contributed by atoms with Gasteiger partial charge in [0.25, 0.3) is 0 Å². The number of carbonyl (C=O) groups is 2. The van der Waals surface area contributed by atoms with Gasteiger partial charge in [-0.3, -0.25) is 0 Å². The zero-order valence-electron chi connectivity index (χ0n) is 12.2. The lowest BCUT2D eigenvalue weighted by Crippen LogP contribution is -2.15. The second-order valence-corrected chi connectivity index (χ2v) is 5.20. The highest BCUT2D eigenvalue weighted by molar-refractivity contribution is 7.13. The minimum atomic E-state index is -0.646. The van der Waals surface area contributed by atoms with Crippen LogP contribution >= 0.6 is 11.3 Å². The number of methoxy groups -OCH3 is 2. The van der Waals surface area contributed by atoms with Crippen LogP contribution in [-0.4, -0.2) is 26.2 Å². The number of hydrogen-bond acceptors (Lipinski definition) is 6. The molecular weight excluding hydrogens is 302 g/mol. The van der Waals surface area contributed by atoms with E-state index in [0.29, 0.717) is 5.69 Å². The quantitative estimate of drug-likeness (QED) is 0.678. The average molecular weight is 317 g/mol. The summed E-state index contributed by atoms with van der Waals surface area (Å²) in [7, 11) is 2.49. The summed E-state index contributed by atoms with van der Waals surface area (Å²) in [5.41, 5.74) is 1.70. The maximum absolute atomic E-state index is 11.7. The van der Waals surface area contributed by atoms with Crippen LogP contribution in [0, 0.1) is 0 Å². The minimum Gasteiger partial charge on any atom is -0.466 e. The van der Waals surface area contributed by atoms with Gasteiger partial charge in [0.05, 0.1) is 20.3 Å². The SMILES string of the molecule is COC(=O)/C=C(/Nc1cccc(-c2cccs2)c1)C(=O)OC. The summed E-state index contributed by atoms with van der Waals surface area (Å²) in [6.45, 7) is 0. The van der Waals surface area contributed by atoms with Gasteiger partial charge in [0.1, 0.15) is 5.70 Å². The van der Waals surface area contributed by atoms with Crippen LogP contribution in [0.4, 0.5) is 5.69 Å². The molecule has 0 unspecified atom stereocenters. The lowest BCUT2D eigenvalue weighted by Gasteiger charge is -2.10. The van der Waals surface area contributed by atoms with E-state index in [4.69, 9.17) is 0 Å². The first-order valence-corrected chi connectivity index (χ1v) is 7.31. The largest absolute Gasteiger partial charge is 0.466 e. The van der Waals surface area contributed by atoms with Crippen molar-refractivity contribution in [2.24, 2.45) is 0 Å². The van der Waals surface area contributed by atoms with Crippen LogP contribution in [0.3, 0.4) is 0 Å². The van der Waals surface area contributed by atoms with Crippen molar-refractivity contribution in [1.82, 2.24) is 0 Å².